The zero-order valence-corrected chi connectivity index (χ0v) is 7.92. The van der Waals surface area contributed by atoms with E-state index in [1.807, 2.05) is 6.08 Å². The highest BCUT2D eigenvalue weighted by Crippen LogP contribution is 2.31. The number of nitrogens with zero attached hydrogens (tertiary/aromatic N) is 1. The van der Waals surface area contributed by atoms with Gasteiger partial charge in [-0.1, -0.05) is 19.4 Å². The van der Waals surface area contributed by atoms with Gasteiger partial charge in [-0.05, 0) is 24.7 Å². The minimum Gasteiger partial charge on any atom is -0.314 e. The first kappa shape index (κ1) is 9.75. The van der Waals surface area contributed by atoms with Gasteiger partial charge in [0.1, 0.15) is 0 Å². The molecule has 1 fully saturated rings. The van der Waals surface area contributed by atoms with Gasteiger partial charge in [0.25, 0.3) is 0 Å². The molecule has 0 aliphatic carbocycles. The lowest BCUT2D eigenvalue weighted by Crippen LogP contribution is -2.31. The number of hydrogen-bond acceptors (Lipinski definition) is 2. The first-order chi connectivity index (χ1) is 5.66. The topological polar surface area (TPSA) is 23.5 Å². The van der Waals surface area contributed by atoms with Crippen LogP contribution in [0.4, 0.5) is 0 Å². The van der Waals surface area contributed by atoms with Gasteiger partial charge in [0.2, 0.25) is 0 Å². The van der Waals surface area contributed by atoms with Crippen molar-refractivity contribution in [1.29, 1.82) is 0 Å². The summed E-state index contributed by atoms with van der Waals surface area (Å²) in [6, 6.07) is 0. The van der Waals surface area contributed by atoms with Gasteiger partial charge >= 0.3 is 0 Å². The van der Waals surface area contributed by atoms with Gasteiger partial charge in [0, 0.05) is 13.1 Å². The van der Waals surface area contributed by atoms with E-state index in [1.165, 1.54) is 17.9 Å². The summed E-state index contributed by atoms with van der Waals surface area (Å²) in [4.78, 5) is 0. The highest BCUT2D eigenvalue weighted by atomic mass is 16.5. The Morgan fingerprint density at radius 3 is 3.00 bits per heavy atom. The fourth-order valence-electron chi connectivity index (χ4n) is 1.96. The molecular formula is C10H19NO. The highest BCUT2D eigenvalue weighted by Gasteiger charge is 2.27. The maximum absolute atomic E-state index is 9.45. The second kappa shape index (κ2) is 4.06. The molecule has 0 amide bonds. The zero-order chi connectivity index (χ0) is 9.03. The monoisotopic (exact) mass is 169 g/mol. The van der Waals surface area contributed by atoms with E-state index >= 15 is 0 Å². The summed E-state index contributed by atoms with van der Waals surface area (Å²) >= 11 is 0. The minimum absolute atomic E-state index is 0.243. The molecule has 1 heterocycles. The largest absolute Gasteiger partial charge is 0.314 e. The van der Waals surface area contributed by atoms with Crippen molar-refractivity contribution in [3.05, 3.63) is 12.7 Å². The highest BCUT2D eigenvalue weighted by molar-refractivity contribution is 4.86. The Bertz CT molecular complexity index is 158. The second-order valence-corrected chi connectivity index (χ2v) is 4.15. The van der Waals surface area contributed by atoms with Crippen LogP contribution >= 0.6 is 0 Å². The molecule has 1 saturated heterocycles. The van der Waals surface area contributed by atoms with Crippen LogP contribution in [0.15, 0.2) is 12.7 Å². The van der Waals surface area contributed by atoms with Gasteiger partial charge in [-0.25, -0.2) is 0 Å². The standard InChI is InChI=1S/C10H19NO/c1-3-6-10(2)7-4-5-8-11(12)9-10/h3,12H,1,4-9H2,2H3/t10-/m1/s1. The van der Waals surface area contributed by atoms with E-state index < -0.39 is 0 Å². The van der Waals surface area contributed by atoms with Crippen molar-refractivity contribution in [2.45, 2.75) is 32.6 Å². The summed E-state index contributed by atoms with van der Waals surface area (Å²) in [7, 11) is 0. The Labute approximate surface area is 74.8 Å². The Morgan fingerprint density at radius 1 is 1.58 bits per heavy atom. The third-order valence-corrected chi connectivity index (χ3v) is 2.65. The molecular weight excluding hydrogens is 150 g/mol. The van der Waals surface area contributed by atoms with E-state index in [1.54, 1.807) is 0 Å². The molecule has 1 N–H and O–H groups in total. The van der Waals surface area contributed by atoms with E-state index in [9.17, 15) is 5.21 Å². The summed E-state index contributed by atoms with van der Waals surface area (Å²) in [5.41, 5.74) is 0.243. The van der Waals surface area contributed by atoms with E-state index in [2.05, 4.69) is 13.5 Å². The van der Waals surface area contributed by atoms with Crippen LogP contribution in [-0.4, -0.2) is 23.4 Å². The first-order valence-corrected chi connectivity index (χ1v) is 4.71. The zero-order valence-electron chi connectivity index (χ0n) is 7.92. The lowest BCUT2D eigenvalue weighted by molar-refractivity contribution is -0.108. The van der Waals surface area contributed by atoms with Crippen molar-refractivity contribution in [3.63, 3.8) is 0 Å². The lowest BCUT2D eigenvalue weighted by atomic mass is 9.82. The Balaban J connectivity index is 2.54. The summed E-state index contributed by atoms with van der Waals surface area (Å²) in [5.74, 6) is 0. The van der Waals surface area contributed by atoms with E-state index in [4.69, 9.17) is 0 Å². The van der Waals surface area contributed by atoms with Gasteiger partial charge in [-0.3, -0.25) is 0 Å². The quantitative estimate of drug-likeness (QED) is 0.642. The van der Waals surface area contributed by atoms with Crippen molar-refractivity contribution in [2.75, 3.05) is 13.1 Å². The SMILES string of the molecule is C=CC[C@]1(C)CCCCN(O)C1. The summed E-state index contributed by atoms with van der Waals surface area (Å²) in [6.45, 7) is 7.60. The smallest absolute Gasteiger partial charge is 0.0295 e. The molecule has 2 nitrogen and oxygen atoms in total. The number of allylic oxidation sites excluding steroid dienone is 1. The predicted octanol–water partition coefficient (Wildman–Crippen LogP) is 2.44. The molecule has 0 saturated carbocycles. The van der Waals surface area contributed by atoms with E-state index in [-0.39, 0.29) is 5.41 Å². The summed E-state index contributed by atoms with van der Waals surface area (Å²) in [6.07, 6.45) is 6.50. The fraction of sp³-hybridized carbons (Fsp3) is 0.800. The van der Waals surface area contributed by atoms with Crippen molar-refractivity contribution in [2.24, 2.45) is 5.41 Å². The molecule has 0 unspecified atom stereocenters. The molecule has 1 aliphatic rings. The molecule has 0 spiro atoms. The average molecular weight is 169 g/mol. The predicted molar refractivity (Wildman–Crippen MR) is 50.1 cm³/mol. The van der Waals surface area contributed by atoms with Crippen molar-refractivity contribution >= 4 is 0 Å². The van der Waals surface area contributed by atoms with Crippen LogP contribution in [0.1, 0.15) is 32.6 Å². The molecule has 2 heteroatoms. The molecule has 12 heavy (non-hydrogen) atoms. The molecule has 70 valence electrons. The van der Waals surface area contributed by atoms with Crippen LogP contribution in [0.3, 0.4) is 0 Å². The first-order valence-electron chi connectivity index (χ1n) is 4.71. The van der Waals surface area contributed by atoms with Crippen LogP contribution in [0.25, 0.3) is 0 Å². The van der Waals surface area contributed by atoms with Gasteiger partial charge < -0.3 is 5.21 Å². The molecule has 1 atom stereocenters. The third kappa shape index (κ3) is 2.61. The normalized spacial score (nSPS) is 32.8. The molecule has 1 rings (SSSR count). The molecule has 0 radical (unpaired) electrons. The van der Waals surface area contributed by atoms with Gasteiger partial charge in [0.15, 0.2) is 0 Å². The van der Waals surface area contributed by atoms with Crippen LogP contribution < -0.4 is 0 Å². The Morgan fingerprint density at radius 2 is 2.33 bits per heavy atom. The Hall–Kier alpha value is -0.340. The van der Waals surface area contributed by atoms with E-state index in [0.29, 0.717) is 0 Å². The number of hydrogen-bond donors (Lipinski definition) is 1. The van der Waals surface area contributed by atoms with Crippen LogP contribution in [0.2, 0.25) is 0 Å². The molecule has 1 aliphatic heterocycles. The van der Waals surface area contributed by atoms with Crippen molar-refractivity contribution in [1.82, 2.24) is 5.06 Å². The number of hydroxylamine groups is 2. The summed E-state index contributed by atoms with van der Waals surface area (Å²) < 4.78 is 0. The average Bonchev–Trinajstić information content (AvgIpc) is 2.12. The molecule has 0 aromatic carbocycles. The van der Waals surface area contributed by atoms with Crippen molar-refractivity contribution < 1.29 is 5.21 Å². The second-order valence-electron chi connectivity index (χ2n) is 4.15. The molecule has 0 bridgehead atoms. The van der Waals surface area contributed by atoms with Gasteiger partial charge in [0.05, 0.1) is 0 Å². The van der Waals surface area contributed by atoms with Gasteiger partial charge in [-0.2, -0.15) is 5.06 Å². The van der Waals surface area contributed by atoms with E-state index in [0.717, 1.165) is 25.9 Å². The van der Waals surface area contributed by atoms with Crippen LogP contribution in [0, 0.1) is 5.41 Å². The molecule has 0 aromatic heterocycles. The van der Waals surface area contributed by atoms with Crippen LogP contribution in [-0.2, 0) is 0 Å². The number of rotatable bonds is 2. The summed E-state index contributed by atoms with van der Waals surface area (Å²) in [5, 5.41) is 10.9. The Kier molecular flexibility index (Phi) is 3.29. The maximum atomic E-state index is 9.45. The minimum atomic E-state index is 0.243. The fourth-order valence-corrected chi connectivity index (χ4v) is 1.96. The molecule has 0 aromatic rings. The van der Waals surface area contributed by atoms with Gasteiger partial charge in [-0.15, -0.1) is 6.58 Å². The third-order valence-electron chi connectivity index (χ3n) is 2.65. The van der Waals surface area contributed by atoms with Crippen LogP contribution in [0.5, 0.6) is 0 Å². The maximum Gasteiger partial charge on any atom is 0.0295 e. The lowest BCUT2D eigenvalue weighted by Gasteiger charge is -2.28. The van der Waals surface area contributed by atoms with Crippen molar-refractivity contribution in [3.8, 4) is 0 Å².